The van der Waals surface area contributed by atoms with Gasteiger partial charge in [-0.15, -0.1) is 0 Å². The molecule has 2 aromatic carbocycles. The summed E-state index contributed by atoms with van der Waals surface area (Å²) < 4.78 is 14.4. The predicted molar refractivity (Wildman–Crippen MR) is 122 cm³/mol. The van der Waals surface area contributed by atoms with Gasteiger partial charge in [0.1, 0.15) is 17.3 Å². The summed E-state index contributed by atoms with van der Waals surface area (Å²) in [5.74, 6) is 1.52. The van der Waals surface area contributed by atoms with E-state index in [1.807, 2.05) is 30.3 Å². The molecule has 1 saturated heterocycles. The van der Waals surface area contributed by atoms with Crippen LogP contribution < -0.4 is 21.3 Å². The Bertz CT molecular complexity index is 1280. The number of aromatic nitrogens is 3. The Labute approximate surface area is 178 Å². The van der Waals surface area contributed by atoms with Crippen molar-refractivity contribution in [2.75, 3.05) is 29.1 Å². The van der Waals surface area contributed by atoms with E-state index in [9.17, 15) is 4.39 Å². The summed E-state index contributed by atoms with van der Waals surface area (Å²) in [7, 11) is 1.79. The van der Waals surface area contributed by atoms with Gasteiger partial charge < -0.3 is 26.3 Å². The average Bonchev–Trinajstić information content (AvgIpc) is 3.45. The number of para-hydroxylation sites is 1. The topological polar surface area (TPSA) is 94.9 Å². The van der Waals surface area contributed by atoms with Crippen molar-refractivity contribution < 1.29 is 4.39 Å². The minimum Gasteiger partial charge on any atom is -0.386 e. The molecule has 5 N–H and O–H groups in total. The predicted octanol–water partition coefficient (Wildman–Crippen LogP) is 3.96. The second kappa shape index (κ2) is 6.81. The fourth-order valence-corrected chi connectivity index (χ4v) is 5.21. The Morgan fingerprint density at radius 2 is 2.00 bits per heavy atom. The van der Waals surface area contributed by atoms with Crippen molar-refractivity contribution in [3.8, 4) is 0 Å². The molecule has 31 heavy (non-hydrogen) atoms. The van der Waals surface area contributed by atoms with E-state index in [0.717, 1.165) is 47.2 Å². The summed E-state index contributed by atoms with van der Waals surface area (Å²) in [6.07, 6.45) is 2.03. The molecule has 0 radical (unpaired) electrons. The molecule has 0 spiro atoms. The zero-order valence-electron chi connectivity index (χ0n) is 17.2. The van der Waals surface area contributed by atoms with Crippen LogP contribution in [0.3, 0.4) is 0 Å². The Morgan fingerprint density at radius 3 is 2.71 bits per heavy atom. The van der Waals surface area contributed by atoms with Gasteiger partial charge in [-0.2, -0.15) is 9.97 Å². The highest BCUT2D eigenvalue weighted by Gasteiger charge is 2.44. The van der Waals surface area contributed by atoms with Gasteiger partial charge in [0.15, 0.2) is 0 Å². The van der Waals surface area contributed by atoms with Crippen LogP contribution in [0.5, 0.6) is 0 Å². The van der Waals surface area contributed by atoms with Gasteiger partial charge in [0, 0.05) is 36.7 Å². The number of nitrogens with one attached hydrogen (secondary N) is 3. The summed E-state index contributed by atoms with van der Waals surface area (Å²) in [4.78, 5) is 15.4. The molecule has 8 heteroatoms. The number of hydrogen-bond acceptors (Lipinski definition) is 6. The summed E-state index contributed by atoms with van der Waals surface area (Å²) in [5.41, 5.74) is 9.42. The molecule has 2 fully saturated rings. The number of halogens is 1. The third kappa shape index (κ3) is 2.90. The maximum absolute atomic E-state index is 14.4. The van der Waals surface area contributed by atoms with Gasteiger partial charge in [0.05, 0.1) is 16.6 Å². The highest BCUT2D eigenvalue weighted by atomic mass is 19.1. The Morgan fingerprint density at radius 1 is 1.16 bits per heavy atom. The number of rotatable bonds is 4. The Hall–Kier alpha value is -3.39. The first-order chi connectivity index (χ1) is 15.1. The number of anilines is 4. The zero-order chi connectivity index (χ0) is 21.1. The third-order valence-corrected chi connectivity index (χ3v) is 6.67. The van der Waals surface area contributed by atoms with Gasteiger partial charge in [-0.25, -0.2) is 4.39 Å². The summed E-state index contributed by atoms with van der Waals surface area (Å²) in [5, 5.41) is 8.03. The zero-order valence-corrected chi connectivity index (χ0v) is 17.2. The van der Waals surface area contributed by atoms with Crippen molar-refractivity contribution in [1.82, 2.24) is 15.0 Å². The first-order valence-electron chi connectivity index (χ1n) is 10.7. The first-order valence-corrected chi connectivity index (χ1v) is 10.7. The van der Waals surface area contributed by atoms with Crippen molar-refractivity contribution in [2.24, 2.45) is 11.7 Å². The molecule has 0 unspecified atom stereocenters. The maximum atomic E-state index is 14.4. The van der Waals surface area contributed by atoms with E-state index in [-0.39, 0.29) is 11.9 Å². The van der Waals surface area contributed by atoms with Crippen LogP contribution in [0.25, 0.3) is 21.9 Å². The SMILES string of the molecule is CNc1cc(F)cc2c1[nH]c1nc(Nc3ccccc3)nc(N3C[C@H]4C[C@@H]3C[C@H]4N)c12. The maximum Gasteiger partial charge on any atom is 0.231 e. The van der Waals surface area contributed by atoms with Crippen LogP contribution >= 0.6 is 0 Å². The molecule has 1 saturated carbocycles. The quantitative estimate of drug-likeness (QED) is 0.402. The Balaban J connectivity index is 1.57. The second-order valence-electron chi connectivity index (χ2n) is 8.54. The number of nitrogens with zero attached hydrogens (tertiary/aromatic N) is 3. The highest BCUT2D eigenvalue weighted by Crippen LogP contribution is 2.43. The standard InChI is InChI=1S/C23H24FN7/c1-26-18-9-13(24)8-16-19-21(28-20(16)18)29-23(27-14-5-3-2-4-6-14)30-22(19)31-11-12-7-15(31)10-17(12)25/h2-6,8-9,12,15,17,26H,7,10-11,25H2,1H3,(H2,27,28,29,30)/t12-,15-,17-/m1/s1. The smallest absolute Gasteiger partial charge is 0.231 e. The number of H-pyrrole nitrogens is 1. The van der Waals surface area contributed by atoms with Gasteiger partial charge in [-0.1, -0.05) is 18.2 Å². The van der Waals surface area contributed by atoms with Crippen LogP contribution in [-0.2, 0) is 0 Å². The molecule has 4 aromatic rings. The molecule has 3 heterocycles. The number of benzene rings is 2. The van der Waals surface area contributed by atoms with Crippen molar-refractivity contribution in [2.45, 2.75) is 24.9 Å². The normalized spacial score (nSPS) is 22.5. The van der Waals surface area contributed by atoms with E-state index in [1.54, 1.807) is 13.1 Å². The highest BCUT2D eigenvalue weighted by molar-refractivity contribution is 6.15. The van der Waals surface area contributed by atoms with Crippen molar-refractivity contribution in [1.29, 1.82) is 0 Å². The molecule has 158 valence electrons. The van der Waals surface area contributed by atoms with Crippen LogP contribution in [0.2, 0.25) is 0 Å². The number of aromatic amines is 1. The third-order valence-electron chi connectivity index (χ3n) is 6.67. The first kappa shape index (κ1) is 18.4. The lowest BCUT2D eigenvalue weighted by Gasteiger charge is -2.31. The molecule has 1 aliphatic heterocycles. The average molecular weight is 417 g/mol. The molecule has 2 aromatic heterocycles. The second-order valence-corrected chi connectivity index (χ2v) is 8.54. The van der Waals surface area contributed by atoms with E-state index in [0.29, 0.717) is 29.2 Å². The van der Waals surface area contributed by atoms with Crippen LogP contribution in [0.15, 0.2) is 42.5 Å². The monoisotopic (exact) mass is 417 g/mol. The number of fused-ring (bicyclic) bond motifs is 5. The van der Waals surface area contributed by atoms with Gasteiger partial charge >= 0.3 is 0 Å². The van der Waals surface area contributed by atoms with Crippen LogP contribution in [0, 0.1) is 11.7 Å². The van der Waals surface area contributed by atoms with Crippen molar-refractivity contribution >= 4 is 45.1 Å². The molecular weight excluding hydrogens is 393 g/mol. The minimum atomic E-state index is -0.292. The molecule has 7 nitrogen and oxygen atoms in total. The minimum absolute atomic E-state index is 0.247. The molecule has 6 rings (SSSR count). The van der Waals surface area contributed by atoms with Crippen LogP contribution in [0.1, 0.15) is 12.8 Å². The summed E-state index contributed by atoms with van der Waals surface area (Å²) in [6, 6.07) is 13.5. The molecule has 1 aliphatic carbocycles. The fraction of sp³-hybridized carbons (Fsp3) is 0.304. The van der Waals surface area contributed by atoms with Crippen molar-refractivity contribution in [3.05, 3.63) is 48.3 Å². The molecule has 2 bridgehead atoms. The van der Waals surface area contributed by atoms with Gasteiger partial charge in [0.25, 0.3) is 0 Å². The number of nitrogens with two attached hydrogens (primary N) is 1. The number of hydrogen-bond donors (Lipinski definition) is 4. The summed E-state index contributed by atoms with van der Waals surface area (Å²) >= 11 is 0. The van der Waals surface area contributed by atoms with E-state index in [2.05, 4.69) is 20.5 Å². The lowest BCUT2D eigenvalue weighted by Crippen LogP contribution is -2.41. The van der Waals surface area contributed by atoms with Gasteiger partial charge in [0.2, 0.25) is 5.95 Å². The van der Waals surface area contributed by atoms with E-state index < -0.39 is 0 Å². The van der Waals surface area contributed by atoms with Crippen molar-refractivity contribution in [3.63, 3.8) is 0 Å². The van der Waals surface area contributed by atoms with E-state index >= 15 is 0 Å². The molecule has 3 atom stereocenters. The molecule has 2 aliphatic rings. The molecular formula is C23H24FN7. The van der Waals surface area contributed by atoms with Gasteiger partial charge in [-0.3, -0.25) is 0 Å². The van der Waals surface area contributed by atoms with Crippen LogP contribution in [-0.4, -0.2) is 40.6 Å². The summed E-state index contributed by atoms with van der Waals surface area (Å²) in [6.45, 7) is 0.865. The molecule has 0 amide bonds. The van der Waals surface area contributed by atoms with E-state index in [4.69, 9.17) is 15.7 Å². The number of piperidine rings is 1. The Kier molecular flexibility index (Phi) is 4.04. The van der Waals surface area contributed by atoms with Gasteiger partial charge in [-0.05, 0) is 43.0 Å². The lowest BCUT2D eigenvalue weighted by molar-refractivity contribution is 0.471. The van der Waals surface area contributed by atoms with Crippen LogP contribution in [0.4, 0.5) is 27.5 Å². The van der Waals surface area contributed by atoms with E-state index in [1.165, 1.54) is 6.07 Å². The fourth-order valence-electron chi connectivity index (χ4n) is 5.21. The largest absolute Gasteiger partial charge is 0.386 e. The lowest BCUT2D eigenvalue weighted by atomic mass is 10.0.